The van der Waals surface area contributed by atoms with Crippen LogP contribution in [0.1, 0.15) is 38.3 Å². The number of nitrogens with one attached hydrogen (secondary N) is 2. The van der Waals surface area contributed by atoms with E-state index in [0.717, 1.165) is 36.4 Å². The van der Waals surface area contributed by atoms with Crippen LogP contribution in [0, 0.1) is 0 Å². The Balaban J connectivity index is 1.52. The molecule has 3 aromatic carbocycles. The molecule has 0 fully saturated rings. The number of urea groups is 1. The van der Waals surface area contributed by atoms with Crippen molar-refractivity contribution < 1.29 is 4.79 Å². The SMILES string of the molecule is CC(C)(C)c1ccc(NC(=O)Nc2ccccc2N2CCCc3ccccc32)cc1. The molecule has 0 radical (unpaired) electrons. The average Bonchev–Trinajstić information content (AvgIpc) is 2.73. The van der Waals surface area contributed by atoms with Crippen LogP contribution in [0.3, 0.4) is 0 Å². The summed E-state index contributed by atoms with van der Waals surface area (Å²) in [6.45, 7) is 7.47. The Morgan fingerprint density at radius 3 is 2.23 bits per heavy atom. The predicted octanol–water partition coefficient (Wildman–Crippen LogP) is 6.71. The van der Waals surface area contributed by atoms with Gasteiger partial charge in [0, 0.05) is 17.9 Å². The number of hydrogen-bond acceptors (Lipinski definition) is 2. The molecule has 0 bridgehead atoms. The maximum Gasteiger partial charge on any atom is 0.323 e. The standard InChI is InChI=1S/C26H29N3O/c1-26(2,3)20-14-16-21(17-15-20)27-25(30)28-22-11-5-7-13-24(22)29-18-8-10-19-9-4-6-12-23(19)29/h4-7,9,11-17H,8,10,18H2,1-3H3,(H2,27,28,30). The lowest BCUT2D eigenvalue weighted by Crippen LogP contribution is -2.27. The van der Waals surface area contributed by atoms with Crippen molar-refractivity contribution in [1.29, 1.82) is 0 Å². The molecule has 1 aliphatic rings. The highest BCUT2D eigenvalue weighted by Gasteiger charge is 2.20. The first-order chi connectivity index (χ1) is 14.4. The number of aryl methyl sites for hydroxylation is 1. The number of benzene rings is 3. The largest absolute Gasteiger partial charge is 0.340 e. The van der Waals surface area contributed by atoms with E-state index in [0.29, 0.717) is 0 Å². The molecular formula is C26H29N3O. The number of para-hydroxylation sites is 3. The van der Waals surface area contributed by atoms with Gasteiger partial charge < -0.3 is 15.5 Å². The van der Waals surface area contributed by atoms with Gasteiger partial charge in [-0.05, 0) is 59.7 Å². The Morgan fingerprint density at radius 2 is 1.50 bits per heavy atom. The molecule has 0 spiro atoms. The monoisotopic (exact) mass is 399 g/mol. The number of nitrogens with zero attached hydrogens (tertiary/aromatic N) is 1. The van der Waals surface area contributed by atoms with Gasteiger partial charge in [0.05, 0.1) is 11.4 Å². The fourth-order valence-corrected chi connectivity index (χ4v) is 3.94. The molecule has 3 aromatic rings. The fourth-order valence-electron chi connectivity index (χ4n) is 3.94. The van der Waals surface area contributed by atoms with E-state index in [4.69, 9.17) is 0 Å². The van der Waals surface area contributed by atoms with Crippen LogP contribution in [0.15, 0.2) is 72.8 Å². The maximum absolute atomic E-state index is 12.7. The van der Waals surface area contributed by atoms with Crippen LogP contribution in [-0.2, 0) is 11.8 Å². The molecule has 2 amide bonds. The van der Waals surface area contributed by atoms with Crippen LogP contribution in [0.25, 0.3) is 0 Å². The number of rotatable bonds is 3. The molecule has 4 rings (SSSR count). The van der Waals surface area contributed by atoms with Crippen LogP contribution in [-0.4, -0.2) is 12.6 Å². The summed E-state index contributed by atoms with van der Waals surface area (Å²) >= 11 is 0. The average molecular weight is 400 g/mol. The van der Waals surface area contributed by atoms with Crippen molar-refractivity contribution in [3.63, 3.8) is 0 Å². The summed E-state index contributed by atoms with van der Waals surface area (Å²) in [5.74, 6) is 0. The van der Waals surface area contributed by atoms with Crippen molar-refractivity contribution >= 4 is 28.8 Å². The highest BCUT2D eigenvalue weighted by molar-refractivity contribution is 6.02. The first-order valence-electron chi connectivity index (χ1n) is 10.5. The van der Waals surface area contributed by atoms with Crippen molar-refractivity contribution in [3.05, 3.63) is 83.9 Å². The highest BCUT2D eigenvalue weighted by atomic mass is 16.2. The zero-order valence-corrected chi connectivity index (χ0v) is 17.9. The minimum atomic E-state index is -0.240. The van der Waals surface area contributed by atoms with Crippen LogP contribution < -0.4 is 15.5 Å². The molecule has 0 atom stereocenters. The Morgan fingerprint density at radius 1 is 0.833 bits per heavy atom. The highest BCUT2D eigenvalue weighted by Crippen LogP contribution is 2.37. The van der Waals surface area contributed by atoms with Gasteiger partial charge in [-0.2, -0.15) is 0 Å². The summed E-state index contributed by atoms with van der Waals surface area (Å²) < 4.78 is 0. The lowest BCUT2D eigenvalue weighted by atomic mass is 9.87. The van der Waals surface area contributed by atoms with E-state index in [2.05, 4.69) is 78.8 Å². The van der Waals surface area contributed by atoms with Gasteiger partial charge in [-0.3, -0.25) is 0 Å². The molecule has 4 nitrogen and oxygen atoms in total. The quantitative estimate of drug-likeness (QED) is 0.514. The van der Waals surface area contributed by atoms with E-state index < -0.39 is 0 Å². The molecule has 1 aliphatic heterocycles. The Bertz CT molecular complexity index is 1030. The van der Waals surface area contributed by atoms with E-state index >= 15 is 0 Å². The minimum Gasteiger partial charge on any atom is -0.340 e. The summed E-state index contributed by atoms with van der Waals surface area (Å²) in [4.78, 5) is 15.0. The van der Waals surface area contributed by atoms with E-state index in [1.165, 1.54) is 16.8 Å². The van der Waals surface area contributed by atoms with Gasteiger partial charge in [-0.1, -0.05) is 63.2 Å². The first-order valence-corrected chi connectivity index (χ1v) is 10.5. The smallest absolute Gasteiger partial charge is 0.323 e. The van der Waals surface area contributed by atoms with Crippen molar-refractivity contribution in [3.8, 4) is 0 Å². The van der Waals surface area contributed by atoms with Gasteiger partial charge in [-0.25, -0.2) is 4.79 Å². The molecule has 0 saturated heterocycles. The van der Waals surface area contributed by atoms with E-state index in [-0.39, 0.29) is 11.4 Å². The van der Waals surface area contributed by atoms with E-state index in [1.54, 1.807) is 0 Å². The van der Waals surface area contributed by atoms with Gasteiger partial charge in [0.15, 0.2) is 0 Å². The Kier molecular flexibility index (Phi) is 5.49. The molecule has 1 heterocycles. The topological polar surface area (TPSA) is 44.4 Å². The molecule has 0 unspecified atom stereocenters. The summed E-state index contributed by atoms with van der Waals surface area (Å²) in [6.07, 6.45) is 2.19. The summed E-state index contributed by atoms with van der Waals surface area (Å²) in [6, 6.07) is 24.3. The molecule has 154 valence electrons. The van der Waals surface area contributed by atoms with Gasteiger partial charge >= 0.3 is 6.03 Å². The molecule has 0 aromatic heterocycles. The van der Waals surface area contributed by atoms with Gasteiger partial charge in [0.25, 0.3) is 0 Å². The number of fused-ring (bicyclic) bond motifs is 1. The zero-order valence-electron chi connectivity index (χ0n) is 17.9. The third-order valence-electron chi connectivity index (χ3n) is 5.56. The second-order valence-corrected chi connectivity index (χ2v) is 8.81. The lowest BCUT2D eigenvalue weighted by molar-refractivity contribution is 0.262. The predicted molar refractivity (Wildman–Crippen MR) is 126 cm³/mol. The second kappa shape index (κ2) is 8.23. The number of amides is 2. The Labute approximate surface area is 178 Å². The normalized spacial score (nSPS) is 13.5. The maximum atomic E-state index is 12.7. The molecule has 2 N–H and O–H groups in total. The first kappa shape index (κ1) is 20.0. The molecule has 30 heavy (non-hydrogen) atoms. The third kappa shape index (κ3) is 4.33. The zero-order chi connectivity index (χ0) is 21.1. The number of carbonyl (C=O) groups is 1. The second-order valence-electron chi connectivity index (χ2n) is 8.81. The van der Waals surface area contributed by atoms with Crippen molar-refractivity contribution in [2.75, 3.05) is 22.1 Å². The van der Waals surface area contributed by atoms with Crippen molar-refractivity contribution in [2.45, 2.75) is 39.0 Å². The molecule has 0 aliphatic carbocycles. The van der Waals surface area contributed by atoms with E-state index in [9.17, 15) is 4.79 Å². The van der Waals surface area contributed by atoms with Crippen LogP contribution >= 0.6 is 0 Å². The van der Waals surface area contributed by atoms with Gasteiger partial charge in [-0.15, -0.1) is 0 Å². The molecule has 4 heteroatoms. The molecule has 0 saturated carbocycles. The summed E-state index contributed by atoms with van der Waals surface area (Å²) in [5, 5.41) is 5.99. The van der Waals surface area contributed by atoms with Crippen molar-refractivity contribution in [1.82, 2.24) is 0 Å². The van der Waals surface area contributed by atoms with E-state index in [1.807, 2.05) is 30.3 Å². The minimum absolute atomic E-state index is 0.0878. The summed E-state index contributed by atoms with van der Waals surface area (Å²) in [5.41, 5.74) is 6.49. The van der Waals surface area contributed by atoms with Crippen molar-refractivity contribution in [2.24, 2.45) is 0 Å². The van der Waals surface area contributed by atoms with Gasteiger partial charge in [0.2, 0.25) is 0 Å². The fraction of sp³-hybridized carbons (Fsp3) is 0.269. The number of hydrogen-bond donors (Lipinski definition) is 2. The van der Waals surface area contributed by atoms with Crippen LogP contribution in [0.5, 0.6) is 0 Å². The van der Waals surface area contributed by atoms with Crippen LogP contribution in [0.4, 0.5) is 27.5 Å². The summed E-state index contributed by atoms with van der Waals surface area (Å²) in [7, 11) is 0. The number of anilines is 4. The molecular weight excluding hydrogens is 370 g/mol. The number of carbonyl (C=O) groups excluding carboxylic acids is 1. The van der Waals surface area contributed by atoms with Crippen LogP contribution in [0.2, 0.25) is 0 Å². The third-order valence-corrected chi connectivity index (χ3v) is 5.56. The Hall–Kier alpha value is -3.27. The lowest BCUT2D eigenvalue weighted by Gasteiger charge is -2.32. The van der Waals surface area contributed by atoms with Gasteiger partial charge in [0.1, 0.15) is 0 Å².